The Morgan fingerprint density at radius 1 is 0.612 bits per heavy atom. The molecule has 252 valence electrons. The number of carbonyl (C=O) groups excluding carboxylic acids is 1. The fourth-order valence-electron chi connectivity index (χ4n) is 5.86. The molecule has 4 aromatic carbocycles. The number of aromatic nitrogens is 2. The summed E-state index contributed by atoms with van der Waals surface area (Å²) in [5.74, 6) is 1.79. The maximum atomic E-state index is 11.5. The van der Waals surface area contributed by atoms with Crippen LogP contribution < -0.4 is 14.4 Å². The average molecular weight is 737 g/mol. The SMILES string of the molecule is CCCCCCOc1ccc(N(c2ccc(OCCCCCC)cc2)c2ccc(-c3ccc(-c4ccc(C=O)c5nsnc45)[se]3)cc2)cc1. The monoisotopic (exact) mass is 737 g/mol. The maximum absolute atomic E-state index is 11.5. The normalized spacial score (nSPS) is 11.1. The number of nitrogens with zero attached hydrogens (tertiary/aromatic N) is 3. The van der Waals surface area contributed by atoms with Crippen LogP contribution in [0.1, 0.15) is 75.6 Å². The van der Waals surface area contributed by atoms with Gasteiger partial charge < -0.3 is 0 Å². The van der Waals surface area contributed by atoms with Crippen molar-refractivity contribution in [2.24, 2.45) is 0 Å². The third-order valence-electron chi connectivity index (χ3n) is 8.58. The molecule has 0 fully saturated rings. The molecule has 0 spiro atoms. The van der Waals surface area contributed by atoms with E-state index in [1.54, 1.807) is 0 Å². The summed E-state index contributed by atoms with van der Waals surface area (Å²) in [5, 5.41) is 0. The van der Waals surface area contributed by atoms with Crippen LogP contribution in [-0.4, -0.2) is 42.8 Å². The van der Waals surface area contributed by atoms with E-state index < -0.39 is 0 Å². The van der Waals surface area contributed by atoms with Crippen LogP contribution in [0.25, 0.3) is 31.0 Å². The first-order valence-corrected chi connectivity index (χ1v) is 19.8. The molecular formula is C41H43N3O3SSe. The predicted molar refractivity (Wildman–Crippen MR) is 205 cm³/mol. The van der Waals surface area contributed by atoms with Crippen molar-refractivity contribution in [3.05, 3.63) is 103 Å². The van der Waals surface area contributed by atoms with Gasteiger partial charge in [-0.05, 0) is 12.8 Å². The van der Waals surface area contributed by atoms with Crippen molar-refractivity contribution in [2.45, 2.75) is 65.2 Å². The Morgan fingerprint density at radius 2 is 1.14 bits per heavy atom. The minimum atomic E-state index is 0.0964. The first-order chi connectivity index (χ1) is 24.2. The molecule has 0 saturated carbocycles. The number of anilines is 3. The topological polar surface area (TPSA) is 64.6 Å². The van der Waals surface area contributed by atoms with E-state index >= 15 is 0 Å². The zero-order valence-electron chi connectivity index (χ0n) is 28.3. The summed E-state index contributed by atoms with van der Waals surface area (Å²) >= 11 is 1.25. The van der Waals surface area contributed by atoms with Gasteiger partial charge in [-0.3, -0.25) is 0 Å². The molecule has 6 rings (SSSR count). The van der Waals surface area contributed by atoms with E-state index in [-0.39, 0.29) is 14.5 Å². The van der Waals surface area contributed by atoms with Gasteiger partial charge in [-0.2, -0.15) is 0 Å². The summed E-state index contributed by atoms with van der Waals surface area (Å²) in [6.07, 6.45) is 10.4. The number of benzene rings is 4. The molecule has 0 amide bonds. The van der Waals surface area contributed by atoms with E-state index in [2.05, 4.69) is 112 Å². The molecule has 8 heteroatoms. The third kappa shape index (κ3) is 8.68. The summed E-state index contributed by atoms with van der Waals surface area (Å²) < 4.78 is 23.5. The van der Waals surface area contributed by atoms with Crippen LogP contribution in [-0.2, 0) is 0 Å². The second-order valence-electron chi connectivity index (χ2n) is 12.1. The van der Waals surface area contributed by atoms with E-state index in [9.17, 15) is 4.79 Å². The van der Waals surface area contributed by atoms with Crippen LogP contribution >= 0.6 is 11.7 Å². The second kappa shape index (κ2) is 17.4. The quantitative estimate of drug-likeness (QED) is 0.0497. The van der Waals surface area contributed by atoms with Crippen LogP contribution in [0, 0.1) is 0 Å². The van der Waals surface area contributed by atoms with Gasteiger partial charge in [-0.1, -0.05) is 52.4 Å². The van der Waals surface area contributed by atoms with Crippen molar-refractivity contribution in [1.29, 1.82) is 0 Å². The standard InChI is InChI=1S/C41H43N3O3SSe/c1-3-5-7-9-27-46-35-20-16-33(17-21-35)44(34-18-22-36(23-19-34)47-28-10-8-6-4-2)32-14-11-30(12-15-32)38-25-26-39(49-38)37-24-13-31(29-45)40-41(37)43-48-42-40/h11-26,29H,3-10,27-28H2,1-2H3. The Labute approximate surface area is 299 Å². The Balaban J connectivity index is 1.23. The van der Waals surface area contributed by atoms with Crippen molar-refractivity contribution in [3.8, 4) is 31.5 Å². The third-order valence-corrected chi connectivity index (χ3v) is 11.6. The van der Waals surface area contributed by atoms with Gasteiger partial charge in [0.15, 0.2) is 0 Å². The number of rotatable bonds is 18. The van der Waals surface area contributed by atoms with Crippen LogP contribution in [0.2, 0.25) is 0 Å². The zero-order chi connectivity index (χ0) is 33.8. The molecule has 6 nitrogen and oxygen atoms in total. The molecule has 0 unspecified atom stereocenters. The van der Waals surface area contributed by atoms with Crippen LogP contribution in [0.4, 0.5) is 17.1 Å². The number of hydrogen-bond donors (Lipinski definition) is 0. The molecule has 2 aromatic heterocycles. The van der Waals surface area contributed by atoms with Crippen molar-refractivity contribution in [2.75, 3.05) is 18.1 Å². The second-order valence-corrected chi connectivity index (χ2v) is 14.9. The molecule has 0 bridgehead atoms. The summed E-state index contributed by atoms with van der Waals surface area (Å²) in [5.41, 5.74) is 7.54. The number of carbonyl (C=O) groups is 1. The average Bonchev–Trinajstić information content (AvgIpc) is 3.84. The molecule has 6 aromatic rings. The molecule has 0 aliphatic carbocycles. The van der Waals surface area contributed by atoms with Gasteiger partial charge in [0.25, 0.3) is 0 Å². The molecule has 49 heavy (non-hydrogen) atoms. The Kier molecular flexibility index (Phi) is 12.3. The van der Waals surface area contributed by atoms with E-state index in [1.807, 2.05) is 12.1 Å². The molecule has 0 saturated heterocycles. The van der Waals surface area contributed by atoms with E-state index in [0.29, 0.717) is 11.1 Å². The van der Waals surface area contributed by atoms with Gasteiger partial charge in [0.05, 0.1) is 0 Å². The summed E-state index contributed by atoms with van der Waals surface area (Å²) in [7, 11) is 0. The fourth-order valence-corrected chi connectivity index (χ4v) is 8.62. The Hall–Kier alpha value is -4.23. The van der Waals surface area contributed by atoms with Crippen molar-refractivity contribution in [3.63, 3.8) is 0 Å². The number of unbranched alkanes of at least 4 members (excludes halogenated alkanes) is 6. The van der Waals surface area contributed by atoms with Gasteiger partial charge in [-0.25, -0.2) is 0 Å². The van der Waals surface area contributed by atoms with E-state index in [0.717, 1.165) is 83.7 Å². The van der Waals surface area contributed by atoms with Gasteiger partial charge in [0.2, 0.25) is 0 Å². The Morgan fingerprint density at radius 3 is 1.69 bits per heavy atom. The number of hydrogen-bond acceptors (Lipinski definition) is 7. The van der Waals surface area contributed by atoms with Gasteiger partial charge in [-0.15, -0.1) is 0 Å². The first-order valence-electron chi connectivity index (χ1n) is 17.4. The van der Waals surface area contributed by atoms with Crippen molar-refractivity contribution < 1.29 is 14.3 Å². The van der Waals surface area contributed by atoms with E-state index in [1.165, 1.54) is 53.0 Å². The number of fused-ring (bicyclic) bond motifs is 1. The Bertz CT molecular complexity index is 1860. The number of ether oxygens (including phenoxy) is 2. The first kappa shape index (κ1) is 34.6. The van der Waals surface area contributed by atoms with Gasteiger partial charge in [0, 0.05) is 0 Å². The fraction of sp³-hybridized carbons (Fsp3) is 0.293. The molecule has 2 heterocycles. The molecule has 0 radical (unpaired) electrons. The molecule has 0 aliphatic heterocycles. The molecule has 0 atom stereocenters. The molecule has 0 N–H and O–H groups in total. The number of aldehydes is 1. The van der Waals surface area contributed by atoms with Gasteiger partial charge >= 0.3 is 236 Å². The van der Waals surface area contributed by atoms with Crippen LogP contribution in [0.3, 0.4) is 0 Å². The van der Waals surface area contributed by atoms with E-state index in [4.69, 9.17) is 9.47 Å². The van der Waals surface area contributed by atoms with Crippen molar-refractivity contribution in [1.82, 2.24) is 8.75 Å². The predicted octanol–water partition coefficient (Wildman–Crippen LogP) is 11.3. The summed E-state index contributed by atoms with van der Waals surface area (Å²) in [6, 6.07) is 33.9. The summed E-state index contributed by atoms with van der Waals surface area (Å²) in [6.45, 7) is 5.94. The van der Waals surface area contributed by atoms with Crippen LogP contribution in [0.15, 0.2) is 97.1 Å². The van der Waals surface area contributed by atoms with Gasteiger partial charge in [0.1, 0.15) is 0 Å². The molecule has 0 aliphatic rings. The molecular weight excluding hydrogens is 693 g/mol. The minimum absolute atomic E-state index is 0.0964. The van der Waals surface area contributed by atoms with Crippen molar-refractivity contribution >= 4 is 60.6 Å². The summed E-state index contributed by atoms with van der Waals surface area (Å²) in [4.78, 5) is 13.8. The van der Waals surface area contributed by atoms with Crippen LogP contribution in [0.5, 0.6) is 11.5 Å². The zero-order valence-corrected chi connectivity index (χ0v) is 30.8.